The molecule has 0 spiro atoms. The molecule has 1 aliphatic carbocycles. The lowest BCUT2D eigenvalue weighted by molar-refractivity contribution is -0.153. The van der Waals surface area contributed by atoms with Gasteiger partial charge in [0.1, 0.15) is 0 Å². The van der Waals surface area contributed by atoms with Crippen LogP contribution in [0.15, 0.2) is 24.3 Å². The Morgan fingerprint density at radius 1 is 1.38 bits per heavy atom. The molecule has 0 amide bonds. The molecule has 1 saturated carbocycles. The van der Waals surface area contributed by atoms with Gasteiger partial charge >= 0.3 is 5.97 Å². The van der Waals surface area contributed by atoms with Crippen molar-refractivity contribution in [3.63, 3.8) is 0 Å². The van der Waals surface area contributed by atoms with Gasteiger partial charge in [-0.1, -0.05) is 37.6 Å². The molecule has 0 aliphatic heterocycles. The molecule has 0 aromatic heterocycles. The van der Waals surface area contributed by atoms with Crippen LogP contribution in [-0.4, -0.2) is 11.1 Å². The van der Waals surface area contributed by atoms with Crippen molar-refractivity contribution in [1.82, 2.24) is 0 Å². The third kappa shape index (κ3) is 1.71. The summed E-state index contributed by atoms with van der Waals surface area (Å²) in [6, 6.07) is 7.21. The number of hydrogen-bond acceptors (Lipinski definition) is 1. The maximum atomic E-state index is 11.5. The van der Waals surface area contributed by atoms with Crippen molar-refractivity contribution in [2.75, 3.05) is 0 Å². The largest absolute Gasteiger partial charge is 0.481 e. The Kier molecular flexibility index (Phi) is 2.50. The van der Waals surface area contributed by atoms with Crippen LogP contribution in [0, 0.1) is 5.41 Å². The van der Waals surface area contributed by atoms with Crippen LogP contribution in [0.4, 0.5) is 0 Å². The van der Waals surface area contributed by atoms with E-state index in [2.05, 4.69) is 13.8 Å². The minimum atomic E-state index is -0.742. The molecule has 1 aromatic rings. The summed E-state index contributed by atoms with van der Waals surface area (Å²) >= 11 is 5.91. The zero-order valence-electron chi connectivity index (χ0n) is 9.46. The van der Waals surface area contributed by atoms with E-state index in [0.29, 0.717) is 17.9 Å². The van der Waals surface area contributed by atoms with Crippen molar-refractivity contribution in [3.05, 3.63) is 34.9 Å². The molecule has 16 heavy (non-hydrogen) atoms. The molecule has 0 atom stereocenters. The van der Waals surface area contributed by atoms with E-state index in [1.54, 1.807) is 12.1 Å². The average Bonchev–Trinajstić information content (AvgIpc) is 2.13. The Labute approximate surface area is 100 Å². The number of carboxylic acids is 1. The Hall–Kier alpha value is -1.02. The second-order valence-corrected chi connectivity index (χ2v) is 5.85. The first kappa shape index (κ1) is 11.5. The van der Waals surface area contributed by atoms with Crippen LogP contribution in [0.25, 0.3) is 0 Å². The standard InChI is InChI=1S/C13H15ClO2/c1-12(2)7-13(8-12,11(15)16)9-4-3-5-10(14)6-9/h3-6H,7-8H2,1-2H3,(H,15,16). The third-order valence-corrected chi connectivity index (χ3v) is 3.58. The third-order valence-electron chi connectivity index (χ3n) is 3.35. The molecule has 1 N–H and O–H groups in total. The number of rotatable bonds is 2. The van der Waals surface area contributed by atoms with E-state index in [9.17, 15) is 9.90 Å². The maximum Gasteiger partial charge on any atom is 0.314 e. The number of halogens is 1. The second-order valence-electron chi connectivity index (χ2n) is 5.42. The fraction of sp³-hybridized carbons (Fsp3) is 0.462. The molecule has 3 heteroatoms. The fourth-order valence-corrected chi connectivity index (χ4v) is 3.04. The number of aliphatic carboxylic acids is 1. The molecule has 1 aliphatic rings. The molecule has 86 valence electrons. The van der Waals surface area contributed by atoms with Crippen LogP contribution >= 0.6 is 11.6 Å². The molecule has 2 rings (SSSR count). The van der Waals surface area contributed by atoms with Gasteiger partial charge in [-0.2, -0.15) is 0 Å². The van der Waals surface area contributed by atoms with E-state index in [1.165, 1.54) is 0 Å². The molecule has 0 radical (unpaired) electrons. The Balaban J connectivity index is 2.40. The van der Waals surface area contributed by atoms with Gasteiger partial charge in [0, 0.05) is 5.02 Å². The van der Waals surface area contributed by atoms with Crippen molar-refractivity contribution in [2.45, 2.75) is 32.1 Å². The predicted octanol–water partition coefficient (Wildman–Crippen LogP) is 3.48. The summed E-state index contributed by atoms with van der Waals surface area (Å²) in [7, 11) is 0. The molecule has 1 fully saturated rings. The minimum absolute atomic E-state index is 0.112. The van der Waals surface area contributed by atoms with Gasteiger partial charge in [0.2, 0.25) is 0 Å². The summed E-state index contributed by atoms with van der Waals surface area (Å²) in [4.78, 5) is 11.5. The highest BCUT2D eigenvalue weighted by Crippen LogP contribution is 2.55. The van der Waals surface area contributed by atoms with Crippen molar-refractivity contribution in [1.29, 1.82) is 0 Å². The van der Waals surface area contributed by atoms with Gasteiger partial charge in [0.15, 0.2) is 0 Å². The predicted molar refractivity (Wildman–Crippen MR) is 63.8 cm³/mol. The fourth-order valence-electron chi connectivity index (χ4n) is 2.85. The SMILES string of the molecule is CC1(C)CC(C(=O)O)(c2cccc(Cl)c2)C1. The smallest absolute Gasteiger partial charge is 0.314 e. The quantitative estimate of drug-likeness (QED) is 0.857. The molecule has 0 heterocycles. The summed E-state index contributed by atoms with van der Waals surface area (Å²) in [6.07, 6.45) is 1.35. The lowest BCUT2D eigenvalue weighted by Crippen LogP contribution is -2.52. The lowest BCUT2D eigenvalue weighted by atomic mass is 9.52. The van der Waals surface area contributed by atoms with E-state index in [1.807, 2.05) is 12.1 Å². The van der Waals surface area contributed by atoms with Gasteiger partial charge in [-0.3, -0.25) is 4.79 Å². The van der Waals surface area contributed by atoms with Gasteiger partial charge < -0.3 is 5.11 Å². The zero-order valence-corrected chi connectivity index (χ0v) is 10.2. The molecule has 0 bridgehead atoms. The molecular formula is C13H15ClO2. The number of hydrogen-bond donors (Lipinski definition) is 1. The van der Waals surface area contributed by atoms with Gasteiger partial charge in [-0.05, 0) is 36.0 Å². The maximum absolute atomic E-state index is 11.5. The monoisotopic (exact) mass is 238 g/mol. The first-order valence-electron chi connectivity index (χ1n) is 5.35. The highest BCUT2D eigenvalue weighted by atomic mass is 35.5. The lowest BCUT2D eigenvalue weighted by Gasteiger charge is -2.50. The number of benzene rings is 1. The van der Waals surface area contributed by atoms with E-state index >= 15 is 0 Å². The first-order chi connectivity index (χ1) is 7.36. The van der Waals surface area contributed by atoms with E-state index in [4.69, 9.17) is 11.6 Å². The highest BCUT2D eigenvalue weighted by molar-refractivity contribution is 6.30. The highest BCUT2D eigenvalue weighted by Gasteiger charge is 2.55. The topological polar surface area (TPSA) is 37.3 Å². The average molecular weight is 239 g/mol. The summed E-state index contributed by atoms with van der Waals surface area (Å²) in [5.74, 6) is -0.742. The van der Waals surface area contributed by atoms with Crippen LogP contribution < -0.4 is 0 Å². The number of carbonyl (C=O) groups is 1. The van der Waals surface area contributed by atoms with Crippen molar-refractivity contribution in [2.24, 2.45) is 5.41 Å². The summed E-state index contributed by atoms with van der Waals surface area (Å²) in [5, 5.41) is 10.0. The molecular weight excluding hydrogens is 224 g/mol. The molecule has 1 aromatic carbocycles. The summed E-state index contributed by atoms with van der Waals surface area (Å²) in [6.45, 7) is 4.19. The van der Waals surface area contributed by atoms with Gasteiger partial charge in [0.05, 0.1) is 5.41 Å². The van der Waals surface area contributed by atoms with Gasteiger partial charge in [-0.15, -0.1) is 0 Å². The van der Waals surface area contributed by atoms with Crippen LogP contribution in [-0.2, 0) is 10.2 Å². The Morgan fingerprint density at radius 3 is 2.44 bits per heavy atom. The van der Waals surface area contributed by atoms with Crippen molar-refractivity contribution < 1.29 is 9.90 Å². The Morgan fingerprint density at radius 2 is 2.00 bits per heavy atom. The van der Waals surface area contributed by atoms with Crippen LogP contribution in [0.2, 0.25) is 5.02 Å². The van der Waals surface area contributed by atoms with E-state index in [0.717, 1.165) is 5.56 Å². The van der Waals surface area contributed by atoms with E-state index < -0.39 is 11.4 Å². The minimum Gasteiger partial charge on any atom is -0.481 e. The van der Waals surface area contributed by atoms with Crippen molar-refractivity contribution >= 4 is 17.6 Å². The zero-order chi connectivity index (χ0) is 12.0. The van der Waals surface area contributed by atoms with Crippen molar-refractivity contribution in [3.8, 4) is 0 Å². The van der Waals surface area contributed by atoms with Crippen LogP contribution in [0.5, 0.6) is 0 Å². The van der Waals surface area contributed by atoms with Crippen LogP contribution in [0.3, 0.4) is 0 Å². The van der Waals surface area contributed by atoms with Gasteiger partial charge in [-0.25, -0.2) is 0 Å². The second kappa shape index (κ2) is 3.49. The van der Waals surface area contributed by atoms with E-state index in [-0.39, 0.29) is 5.41 Å². The van der Waals surface area contributed by atoms with Crippen LogP contribution in [0.1, 0.15) is 32.3 Å². The molecule has 0 unspecified atom stereocenters. The first-order valence-corrected chi connectivity index (χ1v) is 5.73. The molecule has 2 nitrogen and oxygen atoms in total. The van der Waals surface area contributed by atoms with Gasteiger partial charge in [0.25, 0.3) is 0 Å². The Bertz CT molecular complexity index is 429. The molecule has 0 saturated heterocycles. The summed E-state index contributed by atoms with van der Waals surface area (Å²) < 4.78 is 0. The normalized spacial score (nSPS) is 21.2. The summed E-state index contributed by atoms with van der Waals surface area (Å²) in [5.41, 5.74) is 0.210. The number of carboxylic acid groups (broad SMARTS) is 1.